The molecule has 2 heterocycles. The molecule has 2 aromatic heterocycles. The molecule has 0 atom stereocenters. The van der Waals surface area contributed by atoms with Crippen LogP contribution >= 0.6 is 0 Å². The van der Waals surface area contributed by atoms with Crippen LogP contribution < -0.4 is 0 Å². The summed E-state index contributed by atoms with van der Waals surface area (Å²) < 4.78 is 4.55. The first-order valence-electron chi connectivity index (χ1n) is 17.8. The van der Waals surface area contributed by atoms with E-state index >= 15 is 0 Å². The van der Waals surface area contributed by atoms with Gasteiger partial charge in [-0.25, -0.2) is 9.97 Å². The molecule has 0 saturated heterocycles. The van der Waals surface area contributed by atoms with Crippen LogP contribution in [-0.2, 0) is 14.1 Å². The van der Waals surface area contributed by atoms with Crippen LogP contribution in [0.3, 0.4) is 0 Å². The monoisotopic (exact) mass is 664 g/mol. The molecule has 0 saturated carbocycles. The summed E-state index contributed by atoms with van der Waals surface area (Å²) in [7, 11) is 4.30. The van der Waals surface area contributed by atoms with E-state index in [1.54, 1.807) is 0 Å². The predicted octanol–water partition coefficient (Wildman–Crippen LogP) is 12.2. The Balaban J connectivity index is 1.28. The van der Waals surface area contributed by atoms with E-state index in [9.17, 15) is 0 Å². The maximum absolute atomic E-state index is 5.31. The average molecular weight is 665 g/mol. The molecule has 11 aromatic rings. The van der Waals surface area contributed by atoms with Crippen molar-refractivity contribution in [2.45, 2.75) is 0 Å². The first-order chi connectivity index (χ1) is 25.6. The first-order valence-corrected chi connectivity index (χ1v) is 17.8. The van der Waals surface area contributed by atoms with Crippen LogP contribution in [0.15, 0.2) is 158 Å². The number of nitrogens with zero attached hydrogens (tertiary/aromatic N) is 4. The van der Waals surface area contributed by atoms with Crippen LogP contribution in [-0.4, -0.2) is 19.1 Å². The van der Waals surface area contributed by atoms with E-state index in [2.05, 4.69) is 181 Å². The highest BCUT2D eigenvalue weighted by Crippen LogP contribution is 2.45. The number of aromatic nitrogens is 4. The number of hydrogen-bond donors (Lipinski definition) is 0. The molecular formula is C48H32N4. The van der Waals surface area contributed by atoms with Crippen molar-refractivity contribution >= 4 is 75.9 Å². The molecule has 11 rings (SSSR count). The van der Waals surface area contributed by atoms with Gasteiger partial charge in [0.25, 0.3) is 0 Å². The molecule has 4 heteroatoms. The van der Waals surface area contributed by atoms with Crippen LogP contribution in [0.5, 0.6) is 0 Å². The minimum Gasteiger partial charge on any atom is -0.327 e. The van der Waals surface area contributed by atoms with Gasteiger partial charge in [-0.15, -0.1) is 0 Å². The van der Waals surface area contributed by atoms with Crippen LogP contribution in [0.25, 0.3) is 110 Å². The molecule has 0 unspecified atom stereocenters. The molecule has 0 radical (unpaired) electrons. The Hall–Kier alpha value is -6.78. The van der Waals surface area contributed by atoms with E-state index in [0.717, 1.165) is 55.6 Å². The van der Waals surface area contributed by atoms with E-state index in [0.29, 0.717) is 0 Å². The fourth-order valence-corrected chi connectivity index (χ4v) is 8.73. The van der Waals surface area contributed by atoms with Gasteiger partial charge in [0, 0.05) is 36.0 Å². The second-order valence-electron chi connectivity index (χ2n) is 13.9. The topological polar surface area (TPSA) is 35.6 Å². The third-order valence-corrected chi connectivity index (χ3v) is 11.1. The van der Waals surface area contributed by atoms with E-state index < -0.39 is 0 Å². The highest BCUT2D eigenvalue weighted by molar-refractivity contribution is 6.21. The molecule has 0 aliphatic carbocycles. The van der Waals surface area contributed by atoms with Gasteiger partial charge in [-0.1, -0.05) is 140 Å². The van der Waals surface area contributed by atoms with Gasteiger partial charge >= 0.3 is 0 Å². The van der Waals surface area contributed by atoms with E-state index in [-0.39, 0.29) is 0 Å². The van der Waals surface area contributed by atoms with E-state index in [4.69, 9.17) is 9.97 Å². The molecule has 0 aliphatic rings. The lowest BCUT2D eigenvalue weighted by Crippen LogP contribution is -1.97. The summed E-state index contributed by atoms with van der Waals surface area (Å²) in [5, 5.41) is 12.0. The average Bonchev–Trinajstić information content (AvgIpc) is 3.72. The summed E-state index contributed by atoms with van der Waals surface area (Å²) in [5.41, 5.74) is 8.94. The number of rotatable bonds is 3. The fraction of sp³-hybridized carbons (Fsp3) is 0.0417. The van der Waals surface area contributed by atoms with Gasteiger partial charge in [0.15, 0.2) is 0 Å². The number of benzene rings is 9. The summed E-state index contributed by atoms with van der Waals surface area (Å²) >= 11 is 0. The first kappa shape index (κ1) is 29.0. The van der Waals surface area contributed by atoms with Crippen LogP contribution in [0.2, 0.25) is 0 Å². The Morgan fingerprint density at radius 2 is 0.750 bits per heavy atom. The van der Waals surface area contributed by atoms with Crippen molar-refractivity contribution in [2.75, 3.05) is 0 Å². The van der Waals surface area contributed by atoms with Crippen molar-refractivity contribution in [3.63, 3.8) is 0 Å². The Kier molecular flexibility index (Phi) is 6.06. The Morgan fingerprint density at radius 1 is 0.346 bits per heavy atom. The minimum absolute atomic E-state index is 0.951. The van der Waals surface area contributed by atoms with Crippen molar-refractivity contribution in [3.05, 3.63) is 158 Å². The zero-order chi connectivity index (χ0) is 34.5. The fourth-order valence-electron chi connectivity index (χ4n) is 8.73. The molecule has 244 valence electrons. The largest absolute Gasteiger partial charge is 0.327 e. The smallest absolute Gasteiger partial charge is 0.141 e. The molecule has 4 nitrogen and oxygen atoms in total. The second kappa shape index (κ2) is 10.9. The molecular weight excluding hydrogens is 633 g/mol. The molecule has 9 aromatic carbocycles. The molecule has 52 heavy (non-hydrogen) atoms. The van der Waals surface area contributed by atoms with Crippen molar-refractivity contribution in [3.8, 4) is 33.9 Å². The van der Waals surface area contributed by atoms with Gasteiger partial charge in [0.2, 0.25) is 0 Å². The summed E-state index contributed by atoms with van der Waals surface area (Å²) in [6, 6.07) is 57.0. The summed E-state index contributed by atoms with van der Waals surface area (Å²) in [4.78, 5) is 10.6. The maximum atomic E-state index is 5.31. The van der Waals surface area contributed by atoms with Gasteiger partial charge in [-0.3, -0.25) is 0 Å². The Morgan fingerprint density at radius 3 is 1.29 bits per heavy atom. The third-order valence-electron chi connectivity index (χ3n) is 11.1. The van der Waals surface area contributed by atoms with Gasteiger partial charge in [0.1, 0.15) is 11.6 Å². The standard InChI is InChI=1S/C48H32N4/c1-51-45-33-17-7-4-13-30(33)24-26-42(45)49-47(51)38-22-10-20-36-40(38)28-41-37(44(36)35-19-9-15-29-12-3-6-16-32(29)35)21-11-23-39(41)48-50-43-27-25-31-14-5-8-18-34(31)46(43)52(48)2/h3-28H,1-2H3. The molecule has 0 aliphatic heterocycles. The van der Waals surface area contributed by atoms with Crippen LogP contribution in [0, 0.1) is 0 Å². The number of aryl methyl sites for hydroxylation is 2. The summed E-state index contributed by atoms with van der Waals surface area (Å²) in [6.45, 7) is 0. The van der Waals surface area contributed by atoms with Crippen molar-refractivity contribution in [2.24, 2.45) is 14.1 Å². The predicted molar refractivity (Wildman–Crippen MR) is 219 cm³/mol. The number of hydrogen-bond acceptors (Lipinski definition) is 2. The number of fused-ring (bicyclic) bond motifs is 9. The van der Waals surface area contributed by atoms with Crippen LogP contribution in [0.1, 0.15) is 0 Å². The molecule has 0 spiro atoms. The Bertz CT molecular complexity index is 3090. The molecule has 0 amide bonds. The highest BCUT2D eigenvalue weighted by Gasteiger charge is 2.22. The van der Waals surface area contributed by atoms with Crippen LogP contribution in [0.4, 0.5) is 0 Å². The number of imidazole rings is 2. The third kappa shape index (κ3) is 4.03. The Labute approximate surface area is 299 Å². The van der Waals surface area contributed by atoms with Crippen molar-refractivity contribution in [1.29, 1.82) is 0 Å². The lowest BCUT2D eigenvalue weighted by molar-refractivity contribution is 0.964. The van der Waals surface area contributed by atoms with Gasteiger partial charge in [0.05, 0.1) is 22.1 Å². The second-order valence-corrected chi connectivity index (χ2v) is 13.9. The zero-order valence-corrected chi connectivity index (χ0v) is 28.8. The highest BCUT2D eigenvalue weighted by atomic mass is 15.1. The summed E-state index contributed by atoms with van der Waals surface area (Å²) in [5.74, 6) is 1.90. The van der Waals surface area contributed by atoms with Gasteiger partial charge in [-0.2, -0.15) is 0 Å². The zero-order valence-electron chi connectivity index (χ0n) is 28.8. The SMILES string of the molecule is Cn1c(-c2cccc3c(-c4cccc5ccccc45)c4cccc(-c5nc6ccc7ccccc7c6n5C)c4cc23)nc2ccc3ccccc3c21. The molecule has 0 bridgehead atoms. The minimum atomic E-state index is 0.951. The molecule has 0 N–H and O–H groups in total. The van der Waals surface area contributed by atoms with Gasteiger partial charge < -0.3 is 9.13 Å². The lowest BCUT2D eigenvalue weighted by atomic mass is 9.86. The maximum Gasteiger partial charge on any atom is 0.141 e. The quantitative estimate of drug-likeness (QED) is 0.176. The van der Waals surface area contributed by atoms with Crippen molar-refractivity contribution < 1.29 is 0 Å². The lowest BCUT2D eigenvalue weighted by Gasteiger charge is -2.18. The summed E-state index contributed by atoms with van der Waals surface area (Å²) in [6.07, 6.45) is 0. The normalized spacial score (nSPS) is 12.0. The van der Waals surface area contributed by atoms with Crippen molar-refractivity contribution in [1.82, 2.24) is 19.1 Å². The molecule has 0 fully saturated rings. The van der Waals surface area contributed by atoms with Gasteiger partial charge in [-0.05, 0) is 72.4 Å². The van der Waals surface area contributed by atoms with E-state index in [1.165, 1.54) is 54.2 Å². The van der Waals surface area contributed by atoms with E-state index in [1.807, 2.05) is 0 Å².